The second kappa shape index (κ2) is 9.36. The van der Waals surface area contributed by atoms with Gasteiger partial charge in [-0.25, -0.2) is 12.1 Å². The summed E-state index contributed by atoms with van der Waals surface area (Å²) in [6.45, 7) is 4.94. The van der Waals surface area contributed by atoms with Crippen LogP contribution in [0.3, 0.4) is 0 Å². The molecule has 0 saturated carbocycles. The molecule has 1 unspecified atom stereocenters. The van der Waals surface area contributed by atoms with E-state index in [1.807, 2.05) is 0 Å². The van der Waals surface area contributed by atoms with Crippen LogP contribution in [0, 0.1) is 6.92 Å². The summed E-state index contributed by atoms with van der Waals surface area (Å²) in [5, 5.41) is 3.44. The summed E-state index contributed by atoms with van der Waals surface area (Å²) in [5.74, 6) is 0. The van der Waals surface area contributed by atoms with E-state index < -0.39 is 8.80 Å². The number of hydrogen-bond acceptors (Lipinski definition) is 0. The molecular formula is C20H26Cl2SiZr. The van der Waals surface area contributed by atoms with E-state index in [0.29, 0.717) is 0 Å². The Morgan fingerprint density at radius 1 is 0.917 bits per heavy atom. The normalized spacial score (nSPS) is 16.8. The Bertz CT molecular complexity index is 648. The molecule has 0 bridgehead atoms. The Balaban J connectivity index is 0.000000960. The van der Waals surface area contributed by atoms with E-state index in [-0.39, 0.29) is 51.0 Å². The van der Waals surface area contributed by atoms with Gasteiger partial charge in [0, 0.05) is 8.80 Å². The minimum atomic E-state index is -0.973. The zero-order chi connectivity index (χ0) is 14.4. The second-order valence-corrected chi connectivity index (χ2v) is 9.94. The maximum Gasteiger partial charge on any atom is 4.00 e. The molecule has 0 nitrogen and oxygen atoms in total. The van der Waals surface area contributed by atoms with E-state index in [1.165, 1.54) is 51.4 Å². The molecule has 2 aliphatic rings. The van der Waals surface area contributed by atoms with Gasteiger partial charge in [0.1, 0.15) is 0 Å². The van der Waals surface area contributed by atoms with E-state index >= 15 is 0 Å². The van der Waals surface area contributed by atoms with Gasteiger partial charge in [-0.3, -0.25) is 0 Å². The molecule has 0 aliphatic heterocycles. The summed E-state index contributed by atoms with van der Waals surface area (Å²) >= 11 is 0. The monoisotopic (exact) mass is 454 g/mol. The van der Waals surface area contributed by atoms with Gasteiger partial charge in [-0.15, -0.1) is 0 Å². The Hall–Kier alpha value is 0.380. The third kappa shape index (κ3) is 4.03. The molecule has 0 saturated heterocycles. The van der Waals surface area contributed by atoms with Crippen LogP contribution >= 0.6 is 0 Å². The van der Waals surface area contributed by atoms with Crippen molar-refractivity contribution < 1.29 is 51.0 Å². The number of fused-ring (bicyclic) bond motifs is 2. The molecule has 0 spiro atoms. The summed E-state index contributed by atoms with van der Waals surface area (Å²) in [4.78, 5) is 0. The number of rotatable bonds is 2. The first-order valence-electron chi connectivity index (χ1n) is 8.80. The number of halogens is 2. The van der Waals surface area contributed by atoms with Crippen molar-refractivity contribution in [2.75, 3.05) is 0 Å². The predicted molar refractivity (Wildman–Crippen MR) is 94.4 cm³/mol. The quantitative estimate of drug-likeness (QED) is 0.338. The molecular weight excluding hydrogens is 430 g/mol. The van der Waals surface area contributed by atoms with Crippen LogP contribution < -0.4 is 35.2 Å². The van der Waals surface area contributed by atoms with Gasteiger partial charge in [0.15, 0.2) is 0 Å². The third-order valence-electron chi connectivity index (χ3n) is 5.93. The van der Waals surface area contributed by atoms with Crippen molar-refractivity contribution in [2.45, 2.75) is 64.8 Å². The van der Waals surface area contributed by atoms with Crippen molar-refractivity contribution >= 4 is 19.2 Å². The minimum absolute atomic E-state index is 0. The largest absolute Gasteiger partial charge is 4.00 e. The predicted octanol–water partition coefficient (Wildman–Crippen LogP) is -2.83. The van der Waals surface area contributed by atoms with Crippen LogP contribution in [0.2, 0.25) is 6.55 Å². The van der Waals surface area contributed by atoms with Crippen LogP contribution in [0.25, 0.3) is 0 Å². The van der Waals surface area contributed by atoms with Crippen molar-refractivity contribution in [3.05, 3.63) is 46.0 Å². The van der Waals surface area contributed by atoms with E-state index in [9.17, 15) is 0 Å². The standard InChI is InChI=1S/C20H26Si.2ClH.Zr/c1-14-19-10-6-5-9-17(19)13-20(14)21(2)18-11-15-7-3-4-8-16(15)12-18;;;/h11-13,21H,3-10H2,1-2H3;2*1H;/q-2;;;+4/p-2. The first kappa shape index (κ1) is 22.4. The molecule has 0 N–H and O–H groups in total. The molecule has 2 aromatic rings. The third-order valence-corrected chi connectivity index (χ3v) is 8.79. The van der Waals surface area contributed by atoms with Gasteiger partial charge < -0.3 is 24.8 Å². The summed E-state index contributed by atoms with van der Waals surface area (Å²) in [6, 6.07) is 7.72. The van der Waals surface area contributed by atoms with Gasteiger partial charge in [0.25, 0.3) is 0 Å². The molecule has 24 heavy (non-hydrogen) atoms. The maximum atomic E-state index is 2.59. The Morgan fingerprint density at radius 2 is 1.54 bits per heavy atom. The zero-order valence-corrected chi connectivity index (χ0v) is 19.8. The van der Waals surface area contributed by atoms with Crippen molar-refractivity contribution in [3.8, 4) is 0 Å². The minimum Gasteiger partial charge on any atom is -1.00 e. The average Bonchev–Trinajstić information content (AvgIpc) is 3.08. The molecule has 128 valence electrons. The Kier molecular flexibility index (Phi) is 8.74. The molecule has 0 amide bonds. The van der Waals surface area contributed by atoms with Gasteiger partial charge in [-0.2, -0.15) is 44.3 Å². The molecule has 0 radical (unpaired) electrons. The Morgan fingerprint density at radius 3 is 2.21 bits per heavy atom. The molecule has 0 fully saturated rings. The fourth-order valence-electron chi connectivity index (χ4n) is 4.59. The second-order valence-electron chi connectivity index (χ2n) is 7.20. The van der Waals surface area contributed by atoms with Gasteiger partial charge >= 0.3 is 26.2 Å². The van der Waals surface area contributed by atoms with Crippen LogP contribution in [-0.4, -0.2) is 8.80 Å². The fraction of sp³-hybridized carbons (Fsp3) is 0.500. The molecule has 4 heteroatoms. The van der Waals surface area contributed by atoms with Gasteiger partial charge in [0.05, 0.1) is 0 Å². The van der Waals surface area contributed by atoms with Crippen molar-refractivity contribution in [1.82, 2.24) is 0 Å². The van der Waals surface area contributed by atoms with Crippen LogP contribution in [0.1, 0.15) is 53.5 Å². The van der Waals surface area contributed by atoms with Crippen LogP contribution in [-0.2, 0) is 51.9 Å². The molecule has 2 aromatic carbocycles. The molecule has 0 aromatic heterocycles. The van der Waals surface area contributed by atoms with E-state index in [0.717, 1.165) is 0 Å². The average molecular weight is 457 g/mol. The first-order valence-corrected chi connectivity index (χ1v) is 11.1. The zero-order valence-electron chi connectivity index (χ0n) is 14.7. The maximum absolute atomic E-state index is 2.59. The van der Waals surface area contributed by atoms with Gasteiger partial charge in [0.2, 0.25) is 0 Å². The summed E-state index contributed by atoms with van der Waals surface area (Å²) in [6.07, 6.45) is 10.9. The summed E-state index contributed by atoms with van der Waals surface area (Å²) in [7, 11) is -0.973. The van der Waals surface area contributed by atoms with Crippen molar-refractivity contribution in [1.29, 1.82) is 0 Å². The van der Waals surface area contributed by atoms with E-state index in [4.69, 9.17) is 0 Å². The summed E-state index contributed by atoms with van der Waals surface area (Å²) < 4.78 is 0. The number of aryl methyl sites for hydroxylation is 3. The SMILES string of the molecule is C[c-]1c([SiH](C)c2cc3c([cH-]2)CCCC3)cc2c1CCCC2.[Cl-].[Cl-].[Zr+4]. The first-order chi connectivity index (χ1) is 10.2. The molecule has 1 atom stereocenters. The van der Waals surface area contributed by atoms with Crippen LogP contribution in [0.4, 0.5) is 0 Å². The van der Waals surface area contributed by atoms with Crippen molar-refractivity contribution in [2.24, 2.45) is 0 Å². The smallest absolute Gasteiger partial charge is 1.00 e. The van der Waals surface area contributed by atoms with E-state index in [2.05, 4.69) is 31.7 Å². The fourth-order valence-corrected chi connectivity index (χ4v) is 7.13. The topological polar surface area (TPSA) is 0 Å². The van der Waals surface area contributed by atoms with Crippen LogP contribution in [0.15, 0.2) is 18.2 Å². The van der Waals surface area contributed by atoms with Gasteiger partial charge in [-0.1, -0.05) is 64.8 Å². The molecule has 4 rings (SSSR count). The summed E-state index contributed by atoms with van der Waals surface area (Å²) in [5.41, 5.74) is 8.40. The van der Waals surface area contributed by atoms with E-state index in [1.54, 1.807) is 38.2 Å². The molecule has 0 heterocycles. The number of hydrogen-bond donors (Lipinski definition) is 0. The Labute approximate surface area is 180 Å². The van der Waals surface area contributed by atoms with Gasteiger partial charge in [-0.05, 0) is 0 Å². The van der Waals surface area contributed by atoms with Crippen LogP contribution in [0.5, 0.6) is 0 Å². The molecule has 2 aliphatic carbocycles. The van der Waals surface area contributed by atoms with Crippen molar-refractivity contribution in [3.63, 3.8) is 0 Å².